The minimum atomic E-state index is -4.00. The monoisotopic (exact) mass is 487 g/mol. The van der Waals surface area contributed by atoms with Crippen molar-refractivity contribution in [2.24, 2.45) is 4.99 Å². The summed E-state index contributed by atoms with van der Waals surface area (Å²) in [5.41, 5.74) is 1.91. The van der Waals surface area contributed by atoms with Crippen LogP contribution >= 0.6 is 0 Å². The quantitative estimate of drug-likeness (QED) is 0.236. The van der Waals surface area contributed by atoms with Gasteiger partial charge < -0.3 is 5.32 Å². The molecule has 8 nitrogen and oxygen atoms in total. The van der Waals surface area contributed by atoms with Gasteiger partial charge in [0.05, 0.1) is 10.7 Å². The van der Waals surface area contributed by atoms with E-state index in [9.17, 15) is 13.2 Å². The Labute approximate surface area is 204 Å². The van der Waals surface area contributed by atoms with E-state index in [4.69, 9.17) is 0 Å². The number of hydrogen-bond acceptors (Lipinski definition) is 6. The number of benzene rings is 3. The van der Waals surface area contributed by atoms with E-state index in [1.165, 1.54) is 12.1 Å². The van der Waals surface area contributed by atoms with Gasteiger partial charge in [-0.05, 0) is 30.7 Å². The van der Waals surface area contributed by atoms with Gasteiger partial charge in [0.2, 0.25) is 5.95 Å². The summed E-state index contributed by atoms with van der Waals surface area (Å²) in [6.45, 7) is 3.57. The number of ketones is 1. The molecular weight excluding hydrogens is 462 g/mol. The molecular formula is C26H25N5O3S. The number of nitrogens with zero attached hydrogens (tertiary/aromatic N) is 4. The zero-order valence-electron chi connectivity index (χ0n) is 19.6. The smallest absolute Gasteiger partial charge is 0.286 e. The molecule has 0 spiro atoms. The van der Waals surface area contributed by atoms with Gasteiger partial charge >= 0.3 is 0 Å². The topological polar surface area (TPSA) is 106 Å². The predicted molar refractivity (Wildman–Crippen MR) is 136 cm³/mol. The number of anilines is 1. The highest BCUT2D eigenvalue weighted by molar-refractivity contribution is 7.90. The Morgan fingerprint density at radius 1 is 0.943 bits per heavy atom. The maximum Gasteiger partial charge on any atom is 0.286 e. The summed E-state index contributed by atoms with van der Waals surface area (Å²) in [6, 6.07) is 24.3. The van der Waals surface area contributed by atoms with Crippen LogP contribution in [0.15, 0.2) is 94.8 Å². The van der Waals surface area contributed by atoms with Crippen molar-refractivity contribution in [3.8, 4) is 0 Å². The van der Waals surface area contributed by atoms with Crippen molar-refractivity contribution in [2.45, 2.75) is 24.7 Å². The summed E-state index contributed by atoms with van der Waals surface area (Å²) < 4.78 is 27.6. The van der Waals surface area contributed by atoms with Crippen LogP contribution in [0.2, 0.25) is 0 Å². The normalized spacial score (nSPS) is 12.8. The molecule has 0 fully saturated rings. The predicted octanol–water partition coefficient (Wildman–Crippen LogP) is 4.36. The summed E-state index contributed by atoms with van der Waals surface area (Å²) in [5, 5.41) is 7.29. The highest BCUT2D eigenvalue weighted by atomic mass is 32.2. The molecule has 1 unspecified atom stereocenters. The van der Waals surface area contributed by atoms with Crippen molar-refractivity contribution >= 4 is 27.6 Å². The number of hydrogen-bond donors (Lipinski definition) is 1. The van der Waals surface area contributed by atoms with E-state index in [0.29, 0.717) is 22.8 Å². The van der Waals surface area contributed by atoms with Gasteiger partial charge in [0.25, 0.3) is 10.0 Å². The van der Waals surface area contributed by atoms with Gasteiger partial charge in [-0.15, -0.1) is 9.19 Å². The van der Waals surface area contributed by atoms with E-state index in [1.807, 2.05) is 31.2 Å². The Balaban J connectivity index is 1.74. The lowest BCUT2D eigenvalue weighted by molar-refractivity contribution is 0.103. The molecule has 0 bridgehead atoms. The largest absolute Gasteiger partial charge is 0.312 e. The highest BCUT2D eigenvalue weighted by Gasteiger charge is 2.26. The summed E-state index contributed by atoms with van der Waals surface area (Å²) in [4.78, 5) is 21.6. The lowest BCUT2D eigenvalue weighted by Crippen LogP contribution is -2.20. The van der Waals surface area contributed by atoms with Crippen LogP contribution < -0.4 is 5.32 Å². The minimum Gasteiger partial charge on any atom is -0.312 e. The van der Waals surface area contributed by atoms with E-state index >= 15 is 0 Å². The van der Waals surface area contributed by atoms with Crippen LogP contribution in [0.4, 0.5) is 5.95 Å². The van der Waals surface area contributed by atoms with Gasteiger partial charge in [-0.2, -0.15) is 13.4 Å². The lowest BCUT2D eigenvalue weighted by Gasteiger charge is -2.10. The lowest BCUT2D eigenvalue weighted by atomic mass is 9.95. The Kier molecular flexibility index (Phi) is 6.88. The van der Waals surface area contributed by atoms with Gasteiger partial charge in [0.1, 0.15) is 0 Å². The van der Waals surface area contributed by atoms with Gasteiger partial charge in [-0.25, -0.2) is 0 Å². The summed E-state index contributed by atoms with van der Waals surface area (Å²) in [5.74, 6) is 0.333. The molecule has 9 heteroatoms. The molecule has 0 amide bonds. The van der Waals surface area contributed by atoms with Crippen molar-refractivity contribution < 1.29 is 13.2 Å². The fourth-order valence-electron chi connectivity index (χ4n) is 3.51. The van der Waals surface area contributed by atoms with Gasteiger partial charge in [-0.1, -0.05) is 73.7 Å². The first-order chi connectivity index (χ1) is 16.8. The molecule has 0 saturated carbocycles. The van der Waals surface area contributed by atoms with Crippen LogP contribution in [0, 0.1) is 0 Å². The van der Waals surface area contributed by atoms with Crippen molar-refractivity contribution in [2.75, 3.05) is 12.4 Å². The molecule has 3 aromatic carbocycles. The van der Waals surface area contributed by atoms with E-state index < -0.39 is 10.0 Å². The van der Waals surface area contributed by atoms with Gasteiger partial charge in [-0.3, -0.25) is 9.79 Å². The molecule has 0 aliphatic rings. The molecule has 0 radical (unpaired) electrons. The first-order valence-corrected chi connectivity index (χ1v) is 12.4. The SMILES string of the molecule is CN=C(C)Nc1nc(C(C)c2cccc(C(=O)c3ccccc3)c2)nn1S(=O)(=O)c1ccccc1. The molecule has 178 valence electrons. The number of aromatic nitrogens is 3. The molecule has 1 N–H and O–H groups in total. The van der Waals surface area contributed by atoms with Gasteiger partial charge in [0, 0.05) is 24.1 Å². The first-order valence-electron chi connectivity index (χ1n) is 11.0. The number of carbonyl (C=O) groups excluding carboxylic acids is 1. The molecule has 4 aromatic rings. The third kappa shape index (κ3) is 5.04. The Morgan fingerprint density at radius 2 is 1.57 bits per heavy atom. The number of carbonyl (C=O) groups is 1. The van der Waals surface area contributed by atoms with Crippen LogP contribution in [-0.2, 0) is 10.0 Å². The van der Waals surface area contributed by atoms with Crippen molar-refractivity contribution in [1.82, 2.24) is 14.2 Å². The second kappa shape index (κ2) is 10.0. The fourth-order valence-corrected chi connectivity index (χ4v) is 4.71. The average molecular weight is 488 g/mol. The van der Waals surface area contributed by atoms with Crippen LogP contribution in [0.1, 0.15) is 47.1 Å². The zero-order chi connectivity index (χ0) is 25.0. The second-order valence-corrected chi connectivity index (χ2v) is 9.70. The van der Waals surface area contributed by atoms with E-state index in [-0.39, 0.29) is 22.5 Å². The summed E-state index contributed by atoms with van der Waals surface area (Å²) >= 11 is 0. The molecule has 4 rings (SSSR count). The van der Waals surface area contributed by atoms with Crippen molar-refractivity contribution in [3.63, 3.8) is 0 Å². The number of rotatable bonds is 7. The van der Waals surface area contributed by atoms with Crippen LogP contribution in [0.25, 0.3) is 0 Å². The summed E-state index contributed by atoms with van der Waals surface area (Å²) in [7, 11) is -2.41. The minimum absolute atomic E-state index is 0.0373. The van der Waals surface area contributed by atoms with Gasteiger partial charge in [0.15, 0.2) is 11.6 Å². The molecule has 0 aliphatic carbocycles. The molecule has 35 heavy (non-hydrogen) atoms. The molecule has 1 aromatic heterocycles. The van der Waals surface area contributed by atoms with Crippen LogP contribution in [0.3, 0.4) is 0 Å². The Bertz CT molecular complexity index is 1480. The van der Waals surface area contributed by atoms with Crippen molar-refractivity contribution in [3.05, 3.63) is 107 Å². The molecule has 0 aliphatic heterocycles. The molecule has 0 saturated heterocycles. The van der Waals surface area contributed by atoms with E-state index in [1.54, 1.807) is 62.5 Å². The number of nitrogens with one attached hydrogen (secondary N) is 1. The van der Waals surface area contributed by atoms with Crippen LogP contribution in [0.5, 0.6) is 0 Å². The maximum atomic E-state index is 13.3. The molecule has 1 atom stereocenters. The van der Waals surface area contributed by atoms with E-state index in [0.717, 1.165) is 9.65 Å². The van der Waals surface area contributed by atoms with Crippen LogP contribution in [-0.4, -0.2) is 41.3 Å². The van der Waals surface area contributed by atoms with Crippen molar-refractivity contribution in [1.29, 1.82) is 0 Å². The Hall–Kier alpha value is -4.11. The fraction of sp³-hybridized carbons (Fsp3) is 0.154. The average Bonchev–Trinajstić information content (AvgIpc) is 3.33. The summed E-state index contributed by atoms with van der Waals surface area (Å²) in [6.07, 6.45) is 0. The first kappa shape index (κ1) is 24.0. The zero-order valence-corrected chi connectivity index (χ0v) is 20.4. The van der Waals surface area contributed by atoms with E-state index in [2.05, 4.69) is 20.4 Å². The number of amidine groups is 1. The number of aliphatic imine (C=N–C) groups is 1. The highest BCUT2D eigenvalue weighted by Crippen LogP contribution is 2.26. The Morgan fingerprint density at radius 3 is 2.23 bits per heavy atom. The third-order valence-electron chi connectivity index (χ3n) is 5.56. The second-order valence-electron chi connectivity index (χ2n) is 7.93. The standard InChI is InChI=1S/C26H25N5O3S/c1-18(21-13-10-14-22(17-21)24(32)20-11-6-4-7-12-20)25-29-26(28-19(2)27-3)31(30-25)35(33,34)23-15-8-5-9-16-23/h4-18H,1-3H3,(H,27,28,29,30). The molecule has 1 heterocycles. The maximum absolute atomic E-state index is 13.3. The third-order valence-corrected chi connectivity index (χ3v) is 7.14.